The van der Waals surface area contributed by atoms with Gasteiger partial charge in [0.2, 0.25) is 0 Å². The molecular weight excluding hydrogens is 134 g/mol. The third-order valence-corrected chi connectivity index (χ3v) is 1.37. The van der Waals surface area contributed by atoms with Crippen molar-refractivity contribution >= 4 is 0 Å². The summed E-state index contributed by atoms with van der Waals surface area (Å²) in [5, 5.41) is 0. The Morgan fingerprint density at radius 3 is 1.55 bits per heavy atom. The van der Waals surface area contributed by atoms with Gasteiger partial charge in [0.05, 0.1) is 0 Å². The molecule has 0 bridgehead atoms. The molecule has 0 fully saturated rings. The second-order valence-corrected chi connectivity index (χ2v) is 3.48. The molecular formula is C10H25N. The lowest BCUT2D eigenvalue weighted by atomic mass is 10.1. The molecule has 0 spiro atoms. The molecule has 0 saturated carbocycles. The van der Waals surface area contributed by atoms with E-state index in [1.807, 2.05) is 0 Å². The molecule has 0 aromatic carbocycles. The van der Waals surface area contributed by atoms with Crippen molar-refractivity contribution < 1.29 is 0 Å². The van der Waals surface area contributed by atoms with Gasteiger partial charge in [-0.25, -0.2) is 0 Å². The van der Waals surface area contributed by atoms with Crippen LogP contribution in [0, 0.1) is 5.92 Å². The molecule has 0 aliphatic carbocycles. The van der Waals surface area contributed by atoms with Gasteiger partial charge in [-0.15, -0.1) is 0 Å². The Hall–Kier alpha value is -0.0400. The lowest BCUT2D eigenvalue weighted by Crippen LogP contribution is -2.18. The van der Waals surface area contributed by atoms with E-state index in [2.05, 4.69) is 46.7 Å². The summed E-state index contributed by atoms with van der Waals surface area (Å²) in [6, 6.07) is 0. The predicted molar refractivity (Wildman–Crippen MR) is 54.0 cm³/mol. The van der Waals surface area contributed by atoms with Gasteiger partial charge < -0.3 is 4.90 Å². The maximum atomic E-state index is 2.28. The van der Waals surface area contributed by atoms with Crippen molar-refractivity contribution in [2.24, 2.45) is 5.92 Å². The molecule has 1 atom stereocenters. The summed E-state index contributed by atoms with van der Waals surface area (Å²) in [7, 11) is 4.23. The van der Waals surface area contributed by atoms with Crippen molar-refractivity contribution in [1.29, 1.82) is 0 Å². The van der Waals surface area contributed by atoms with Gasteiger partial charge in [0.25, 0.3) is 0 Å². The van der Waals surface area contributed by atoms with E-state index in [0.717, 1.165) is 5.92 Å². The normalized spacial score (nSPS) is 12.3. The molecule has 0 radical (unpaired) electrons. The third kappa shape index (κ3) is 17.8. The van der Waals surface area contributed by atoms with Crippen LogP contribution < -0.4 is 0 Å². The van der Waals surface area contributed by atoms with E-state index in [-0.39, 0.29) is 0 Å². The summed E-state index contributed by atoms with van der Waals surface area (Å²) >= 11 is 0. The summed E-state index contributed by atoms with van der Waals surface area (Å²) in [6.07, 6.45) is 2.54. The molecule has 0 aliphatic rings. The molecule has 0 N–H and O–H groups in total. The maximum Gasteiger partial charge on any atom is 0.0000818 e. The smallest absolute Gasteiger partial charge is 0.0000818 e. The average Bonchev–Trinajstić information content (AvgIpc) is 1.88. The monoisotopic (exact) mass is 159 g/mol. The second-order valence-electron chi connectivity index (χ2n) is 3.48. The van der Waals surface area contributed by atoms with Crippen molar-refractivity contribution in [3.63, 3.8) is 0 Å². The fourth-order valence-corrected chi connectivity index (χ4v) is 0.752. The first kappa shape index (κ1) is 13.5. The van der Waals surface area contributed by atoms with Crippen molar-refractivity contribution in [2.45, 2.75) is 40.5 Å². The van der Waals surface area contributed by atoms with E-state index in [9.17, 15) is 0 Å². The molecule has 1 heteroatoms. The zero-order valence-electron chi connectivity index (χ0n) is 9.15. The minimum absolute atomic E-state index is 0.852. The molecule has 0 heterocycles. The molecule has 11 heavy (non-hydrogen) atoms. The van der Waals surface area contributed by atoms with E-state index in [4.69, 9.17) is 0 Å². The SMILES string of the molecule is CCC.CCC(C)CN(C)C. The van der Waals surface area contributed by atoms with Crippen LogP contribution in [0.4, 0.5) is 0 Å². The molecule has 0 rings (SSSR count). The first-order valence-corrected chi connectivity index (χ1v) is 4.73. The Labute approximate surface area is 72.8 Å². The zero-order valence-corrected chi connectivity index (χ0v) is 9.15. The number of rotatable bonds is 3. The van der Waals surface area contributed by atoms with Gasteiger partial charge in [-0.1, -0.05) is 40.5 Å². The average molecular weight is 159 g/mol. The van der Waals surface area contributed by atoms with Crippen molar-refractivity contribution in [3.05, 3.63) is 0 Å². The fourth-order valence-electron chi connectivity index (χ4n) is 0.752. The number of hydrogen-bond acceptors (Lipinski definition) is 1. The standard InChI is InChI=1S/C7H17N.C3H8/c1-5-7(2)6-8(3)4;1-3-2/h7H,5-6H2,1-4H3;3H2,1-2H3. The van der Waals surface area contributed by atoms with Crippen LogP contribution in [0.15, 0.2) is 0 Å². The molecule has 1 nitrogen and oxygen atoms in total. The maximum absolute atomic E-state index is 2.28. The van der Waals surface area contributed by atoms with Crippen molar-refractivity contribution in [3.8, 4) is 0 Å². The minimum atomic E-state index is 0.852. The Morgan fingerprint density at radius 1 is 1.09 bits per heavy atom. The van der Waals surface area contributed by atoms with Crippen LogP contribution in [0.25, 0.3) is 0 Å². The summed E-state index contributed by atoms with van der Waals surface area (Å²) in [6.45, 7) is 9.98. The molecule has 0 amide bonds. The van der Waals surface area contributed by atoms with Crippen LogP contribution in [0.1, 0.15) is 40.5 Å². The Kier molecular flexibility index (Phi) is 12.3. The largest absolute Gasteiger partial charge is 0.309 e. The Balaban J connectivity index is 0. The van der Waals surface area contributed by atoms with Crippen LogP contribution in [-0.4, -0.2) is 25.5 Å². The van der Waals surface area contributed by atoms with Gasteiger partial charge in [-0.05, 0) is 20.0 Å². The molecule has 1 unspecified atom stereocenters. The topological polar surface area (TPSA) is 3.24 Å². The highest BCUT2D eigenvalue weighted by Gasteiger charge is 1.97. The molecule has 0 aromatic rings. The van der Waals surface area contributed by atoms with Gasteiger partial charge in [0.1, 0.15) is 0 Å². The van der Waals surface area contributed by atoms with Crippen molar-refractivity contribution in [2.75, 3.05) is 20.6 Å². The van der Waals surface area contributed by atoms with E-state index < -0.39 is 0 Å². The van der Waals surface area contributed by atoms with Gasteiger partial charge in [-0.2, -0.15) is 0 Å². The summed E-state index contributed by atoms with van der Waals surface area (Å²) in [5.41, 5.74) is 0. The zero-order chi connectivity index (χ0) is 9.28. The highest BCUT2D eigenvalue weighted by molar-refractivity contribution is 4.51. The summed E-state index contributed by atoms with van der Waals surface area (Å²) in [4.78, 5) is 2.23. The van der Waals surface area contributed by atoms with Gasteiger partial charge >= 0.3 is 0 Å². The first-order valence-electron chi connectivity index (χ1n) is 4.73. The fraction of sp³-hybridized carbons (Fsp3) is 1.00. The molecule has 0 aliphatic heterocycles. The van der Waals surface area contributed by atoms with Gasteiger partial charge in [-0.3, -0.25) is 0 Å². The van der Waals surface area contributed by atoms with Crippen molar-refractivity contribution in [1.82, 2.24) is 4.90 Å². The van der Waals surface area contributed by atoms with E-state index >= 15 is 0 Å². The van der Waals surface area contributed by atoms with Crippen LogP contribution in [0.3, 0.4) is 0 Å². The first-order chi connectivity index (χ1) is 5.08. The van der Waals surface area contributed by atoms with Crippen LogP contribution in [0.5, 0.6) is 0 Å². The van der Waals surface area contributed by atoms with E-state index in [0.29, 0.717) is 0 Å². The second kappa shape index (κ2) is 9.96. The molecule has 0 aromatic heterocycles. The lowest BCUT2D eigenvalue weighted by molar-refractivity contribution is 0.334. The van der Waals surface area contributed by atoms with E-state index in [1.54, 1.807) is 0 Å². The lowest BCUT2D eigenvalue weighted by Gasteiger charge is -2.13. The summed E-state index contributed by atoms with van der Waals surface area (Å²) in [5.74, 6) is 0.852. The van der Waals surface area contributed by atoms with Gasteiger partial charge in [0.15, 0.2) is 0 Å². The molecule has 0 saturated heterocycles. The Bertz CT molecular complexity index is 59.9. The summed E-state index contributed by atoms with van der Waals surface area (Å²) < 4.78 is 0. The number of nitrogens with zero attached hydrogens (tertiary/aromatic N) is 1. The minimum Gasteiger partial charge on any atom is -0.309 e. The number of hydrogen-bond donors (Lipinski definition) is 0. The predicted octanol–water partition coefficient (Wildman–Crippen LogP) is 3.01. The quantitative estimate of drug-likeness (QED) is 0.612. The van der Waals surface area contributed by atoms with Crippen LogP contribution in [0.2, 0.25) is 0 Å². The highest BCUT2D eigenvalue weighted by atomic mass is 15.0. The van der Waals surface area contributed by atoms with E-state index in [1.165, 1.54) is 19.4 Å². The third-order valence-electron chi connectivity index (χ3n) is 1.37. The van der Waals surface area contributed by atoms with Crippen LogP contribution >= 0.6 is 0 Å². The molecule has 70 valence electrons. The highest BCUT2D eigenvalue weighted by Crippen LogP contribution is 1.99. The van der Waals surface area contributed by atoms with Gasteiger partial charge in [0, 0.05) is 6.54 Å². The van der Waals surface area contributed by atoms with Crippen LogP contribution in [-0.2, 0) is 0 Å². The Morgan fingerprint density at radius 2 is 1.45 bits per heavy atom.